The SMILES string of the molecule is CN1CCC(CNS(=O)(=O)c2ccc(CC(N)=S)cc2)C1. The molecule has 1 heterocycles. The second-order valence-corrected chi connectivity index (χ2v) is 7.85. The maximum Gasteiger partial charge on any atom is 0.240 e. The molecule has 0 saturated carbocycles. The monoisotopic (exact) mass is 327 g/mol. The van der Waals surface area contributed by atoms with Crippen LogP contribution < -0.4 is 10.5 Å². The van der Waals surface area contributed by atoms with Crippen LogP contribution in [0.25, 0.3) is 0 Å². The lowest BCUT2D eigenvalue weighted by Gasteiger charge is -2.12. The summed E-state index contributed by atoms with van der Waals surface area (Å²) in [7, 11) is -1.39. The third kappa shape index (κ3) is 4.74. The standard InChI is InChI=1S/C14H21N3O2S2/c1-17-7-6-12(10-17)9-16-21(18,19)13-4-2-11(3-5-13)8-14(15)20/h2-5,12,16H,6-10H2,1H3,(H2,15,20). The predicted octanol–water partition coefficient (Wildman–Crippen LogP) is 0.745. The first-order chi connectivity index (χ1) is 9.87. The molecule has 0 amide bonds. The topological polar surface area (TPSA) is 75.4 Å². The van der Waals surface area contributed by atoms with E-state index < -0.39 is 10.0 Å². The zero-order valence-corrected chi connectivity index (χ0v) is 13.7. The third-order valence-electron chi connectivity index (χ3n) is 3.66. The first kappa shape index (κ1) is 16.4. The fourth-order valence-electron chi connectivity index (χ4n) is 2.49. The number of nitrogens with one attached hydrogen (secondary N) is 1. The molecule has 1 unspecified atom stereocenters. The van der Waals surface area contributed by atoms with Gasteiger partial charge in [0, 0.05) is 19.5 Å². The summed E-state index contributed by atoms with van der Waals surface area (Å²) < 4.78 is 27.2. The van der Waals surface area contributed by atoms with Crippen LogP contribution in [0.1, 0.15) is 12.0 Å². The molecule has 0 radical (unpaired) electrons. The minimum Gasteiger partial charge on any atom is -0.393 e. The Kier molecular flexibility index (Phi) is 5.32. The lowest BCUT2D eigenvalue weighted by Crippen LogP contribution is -2.30. The molecule has 1 fully saturated rings. The zero-order chi connectivity index (χ0) is 15.5. The largest absolute Gasteiger partial charge is 0.393 e. The van der Waals surface area contributed by atoms with Gasteiger partial charge in [-0.3, -0.25) is 0 Å². The molecule has 0 aliphatic carbocycles. The highest BCUT2D eigenvalue weighted by Crippen LogP contribution is 2.15. The van der Waals surface area contributed by atoms with Crippen LogP contribution >= 0.6 is 12.2 Å². The van der Waals surface area contributed by atoms with Crippen LogP contribution in [-0.2, 0) is 16.4 Å². The maximum absolute atomic E-state index is 12.2. The van der Waals surface area contributed by atoms with E-state index in [1.807, 2.05) is 0 Å². The second kappa shape index (κ2) is 6.83. The Morgan fingerprint density at radius 2 is 2.10 bits per heavy atom. The molecule has 1 saturated heterocycles. The Labute approximate surface area is 131 Å². The number of nitrogens with zero attached hydrogens (tertiary/aromatic N) is 1. The van der Waals surface area contributed by atoms with Gasteiger partial charge in [-0.05, 0) is 43.6 Å². The van der Waals surface area contributed by atoms with Gasteiger partial charge in [0.1, 0.15) is 0 Å². The van der Waals surface area contributed by atoms with Crippen molar-refractivity contribution in [2.45, 2.75) is 17.7 Å². The molecule has 21 heavy (non-hydrogen) atoms. The highest BCUT2D eigenvalue weighted by atomic mass is 32.2. The van der Waals surface area contributed by atoms with E-state index in [0.29, 0.717) is 23.9 Å². The molecule has 5 nitrogen and oxygen atoms in total. The van der Waals surface area contributed by atoms with Crippen molar-refractivity contribution in [3.05, 3.63) is 29.8 Å². The fraction of sp³-hybridized carbons (Fsp3) is 0.500. The molecule has 1 aromatic rings. The normalized spacial score (nSPS) is 19.8. The molecular formula is C14H21N3O2S2. The average Bonchev–Trinajstić information content (AvgIpc) is 2.82. The molecule has 1 aliphatic heterocycles. The highest BCUT2D eigenvalue weighted by Gasteiger charge is 2.22. The number of hydrogen-bond acceptors (Lipinski definition) is 4. The smallest absolute Gasteiger partial charge is 0.240 e. The molecule has 3 N–H and O–H groups in total. The number of rotatable bonds is 6. The van der Waals surface area contributed by atoms with E-state index in [1.165, 1.54) is 0 Å². The Hall–Kier alpha value is -1.02. The van der Waals surface area contributed by atoms with Crippen molar-refractivity contribution < 1.29 is 8.42 Å². The second-order valence-electron chi connectivity index (χ2n) is 5.56. The van der Waals surface area contributed by atoms with Gasteiger partial charge in [-0.15, -0.1) is 0 Å². The van der Waals surface area contributed by atoms with Gasteiger partial charge in [0.25, 0.3) is 0 Å². The summed E-state index contributed by atoms with van der Waals surface area (Å²) in [6.45, 7) is 2.46. The van der Waals surface area contributed by atoms with Crippen molar-refractivity contribution in [1.29, 1.82) is 0 Å². The molecule has 2 rings (SSSR count). The number of likely N-dealkylation sites (tertiary alicyclic amines) is 1. The molecule has 1 aliphatic rings. The average molecular weight is 327 g/mol. The van der Waals surface area contributed by atoms with E-state index in [0.717, 1.165) is 25.1 Å². The zero-order valence-electron chi connectivity index (χ0n) is 12.1. The van der Waals surface area contributed by atoms with Crippen molar-refractivity contribution in [3.8, 4) is 0 Å². The lowest BCUT2D eigenvalue weighted by molar-refractivity contribution is 0.394. The first-order valence-corrected chi connectivity index (χ1v) is 8.81. The Balaban J connectivity index is 1.97. The molecule has 0 bridgehead atoms. The summed E-state index contributed by atoms with van der Waals surface area (Å²) in [5.74, 6) is 0.388. The summed E-state index contributed by atoms with van der Waals surface area (Å²) in [5.41, 5.74) is 6.39. The van der Waals surface area contributed by atoms with Crippen LogP contribution in [0.2, 0.25) is 0 Å². The van der Waals surface area contributed by atoms with Gasteiger partial charge in [0.15, 0.2) is 0 Å². The van der Waals surface area contributed by atoms with E-state index in [1.54, 1.807) is 24.3 Å². The summed E-state index contributed by atoms with van der Waals surface area (Å²) in [5, 5.41) is 0. The molecule has 0 aromatic heterocycles. The summed E-state index contributed by atoms with van der Waals surface area (Å²) in [4.78, 5) is 2.89. The Morgan fingerprint density at radius 1 is 1.43 bits per heavy atom. The summed E-state index contributed by atoms with van der Waals surface area (Å²) in [6.07, 6.45) is 1.52. The van der Waals surface area contributed by atoms with Crippen LogP contribution in [0, 0.1) is 5.92 Å². The van der Waals surface area contributed by atoms with Crippen molar-refractivity contribution in [2.75, 3.05) is 26.7 Å². The highest BCUT2D eigenvalue weighted by molar-refractivity contribution is 7.89. The number of sulfonamides is 1. The van der Waals surface area contributed by atoms with Crippen molar-refractivity contribution in [1.82, 2.24) is 9.62 Å². The van der Waals surface area contributed by atoms with Crippen molar-refractivity contribution in [3.63, 3.8) is 0 Å². The predicted molar refractivity (Wildman–Crippen MR) is 87.7 cm³/mol. The number of benzene rings is 1. The van der Waals surface area contributed by atoms with E-state index in [9.17, 15) is 8.42 Å². The number of hydrogen-bond donors (Lipinski definition) is 2. The van der Waals surface area contributed by atoms with Gasteiger partial charge in [0.2, 0.25) is 10.0 Å². The van der Waals surface area contributed by atoms with Gasteiger partial charge in [0.05, 0.1) is 9.88 Å². The van der Waals surface area contributed by atoms with E-state index >= 15 is 0 Å². The minimum atomic E-state index is -3.44. The van der Waals surface area contributed by atoms with Gasteiger partial charge < -0.3 is 10.6 Å². The first-order valence-electron chi connectivity index (χ1n) is 6.92. The van der Waals surface area contributed by atoms with Gasteiger partial charge >= 0.3 is 0 Å². The van der Waals surface area contributed by atoms with Crippen molar-refractivity contribution in [2.24, 2.45) is 11.7 Å². The third-order valence-corrected chi connectivity index (χ3v) is 5.25. The number of thiocarbonyl (C=S) groups is 1. The molecule has 116 valence electrons. The maximum atomic E-state index is 12.2. The van der Waals surface area contributed by atoms with Crippen LogP contribution in [0.4, 0.5) is 0 Å². The quantitative estimate of drug-likeness (QED) is 0.754. The van der Waals surface area contributed by atoms with Crippen LogP contribution in [0.3, 0.4) is 0 Å². The Morgan fingerprint density at radius 3 is 2.62 bits per heavy atom. The van der Waals surface area contributed by atoms with Gasteiger partial charge in [-0.25, -0.2) is 13.1 Å². The molecule has 1 aromatic carbocycles. The van der Waals surface area contributed by atoms with Gasteiger partial charge in [-0.1, -0.05) is 24.4 Å². The fourth-order valence-corrected chi connectivity index (χ4v) is 3.77. The summed E-state index contributed by atoms with van der Waals surface area (Å²) in [6, 6.07) is 6.68. The lowest BCUT2D eigenvalue weighted by atomic mass is 10.1. The van der Waals surface area contributed by atoms with E-state index in [2.05, 4.69) is 16.7 Å². The molecule has 7 heteroatoms. The van der Waals surface area contributed by atoms with Crippen LogP contribution in [0.5, 0.6) is 0 Å². The molecular weight excluding hydrogens is 306 g/mol. The van der Waals surface area contributed by atoms with E-state index in [-0.39, 0.29) is 4.90 Å². The van der Waals surface area contributed by atoms with Crippen molar-refractivity contribution >= 4 is 27.2 Å². The van der Waals surface area contributed by atoms with Gasteiger partial charge in [-0.2, -0.15) is 0 Å². The number of nitrogens with two attached hydrogens (primary N) is 1. The van der Waals surface area contributed by atoms with Crippen LogP contribution in [-0.4, -0.2) is 45.0 Å². The molecule has 1 atom stereocenters. The minimum absolute atomic E-state index is 0.278. The Bertz CT molecular complexity index is 599. The van der Waals surface area contributed by atoms with E-state index in [4.69, 9.17) is 18.0 Å². The van der Waals surface area contributed by atoms with Crippen LogP contribution in [0.15, 0.2) is 29.2 Å². The molecule has 0 spiro atoms. The summed E-state index contributed by atoms with van der Waals surface area (Å²) >= 11 is 4.84.